The number of para-hydroxylation sites is 2. The molecule has 0 saturated carbocycles. The molecular weight excluding hydrogens is 394 g/mol. The zero-order valence-electron chi connectivity index (χ0n) is 16.9. The molecule has 0 fully saturated rings. The minimum Gasteiger partial charge on any atom is -0.467 e. The quantitative estimate of drug-likeness (QED) is 0.455. The van der Waals surface area contributed by atoms with Crippen molar-refractivity contribution in [1.82, 2.24) is 10.3 Å². The molecule has 0 aliphatic carbocycles. The fourth-order valence-electron chi connectivity index (χ4n) is 3.24. The van der Waals surface area contributed by atoms with Crippen LogP contribution in [0.3, 0.4) is 0 Å². The van der Waals surface area contributed by atoms with Gasteiger partial charge in [0.05, 0.1) is 7.11 Å². The molecule has 1 atom stereocenters. The van der Waals surface area contributed by atoms with E-state index >= 15 is 0 Å². The first-order valence-corrected chi connectivity index (χ1v) is 9.77. The Hall–Kier alpha value is -4.13. The van der Waals surface area contributed by atoms with E-state index in [-0.39, 0.29) is 0 Å². The maximum atomic E-state index is 12.6. The highest BCUT2D eigenvalue weighted by Gasteiger charge is 2.22. The summed E-state index contributed by atoms with van der Waals surface area (Å²) >= 11 is 0. The topological polar surface area (TPSA) is 93.5 Å². The third kappa shape index (κ3) is 4.90. The highest BCUT2D eigenvalue weighted by molar-refractivity contribution is 5.93. The molecule has 31 heavy (non-hydrogen) atoms. The molecule has 0 bridgehead atoms. The number of ether oxygens (including phenoxy) is 1. The Bertz CT molecular complexity index is 1170. The molecule has 0 saturated heterocycles. The predicted molar refractivity (Wildman–Crippen MR) is 118 cm³/mol. The number of oxazole rings is 1. The molecule has 7 nitrogen and oxygen atoms in total. The molecular formula is C24H21N3O4. The second-order valence-corrected chi connectivity index (χ2v) is 6.93. The van der Waals surface area contributed by atoms with Crippen molar-refractivity contribution in [3.05, 3.63) is 84.4 Å². The van der Waals surface area contributed by atoms with E-state index in [4.69, 9.17) is 9.15 Å². The van der Waals surface area contributed by atoms with E-state index in [0.29, 0.717) is 23.6 Å². The van der Waals surface area contributed by atoms with Crippen LogP contribution in [-0.2, 0) is 16.0 Å². The lowest BCUT2D eigenvalue weighted by molar-refractivity contribution is -0.142. The van der Waals surface area contributed by atoms with Gasteiger partial charge in [-0.1, -0.05) is 48.5 Å². The number of carbonyl (C=O) groups excluding carboxylic acids is 2. The van der Waals surface area contributed by atoms with Gasteiger partial charge in [0, 0.05) is 17.7 Å². The average molecular weight is 415 g/mol. The van der Waals surface area contributed by atoms with Crippen molar-refractivity contribution in [3.63, 3.8) is 0 Å². The lowest BCUT2D eigenvalue weighted by atomic mass is 10.1. The Morgan fingerprint density at radius 1 is 1.00 bits per heavy atom. The number of fused-ring (bicyclic) bond motifs is 1. The molecule has 0 unspecified atom stereocenters. The van der Waals surface area contributed by atoms with E-state index in [2.05, 4.69) is 15.6 Å². The third-order valence-electron chi connectivity index (χ3n) is 4.73. The van der Waals surface area contributed by atoms with E-state index < -0.39 is 18.0 Å². The van der Waals surface area contributed by atoms with Gasteiger partial charge in [-0.15, -0.1) is 0 Å². The van der Waals surface area contributed by atoms with Crippen molar-refractivity contribution in [2.75, 3.05) is 12.4 Å². The van der Waals surface area contributed by atoms with E-state index in [1.54, 1.807) is 18.2 Å². The van der Waals surface area contributed by atoms with E-state index in [0.717, 1.165) is 16.6 Å². The zero-order valence-corrected chi connectivity index (χ0v) is 16.9. The number of amides is 2. The van der Waals surface area contributed by atoms with Gasteiger partial charge in [-0.05, 0) is 35.9 Å². The number of urea groups is 1. The summed E-state index contributed by atoms with van der Waals surface area (Å²) in [6.07, 6.45) is 0.323. The molecule has 7 heteroatoms. The van der Waals surface area contributed by atoms with Gasteiger partial charge in [0.15, 0.2) is 5.58 Å². The summed E-state index contributed by atoms with van der Waals surface area (Å²) in [7, 11) is 1.30. The number of nitrogens with one attached hydrogen (secondary N) is 2. The van der Waals surface area contributed by atoms with Gasteiger partial charge < -0.3 is 19.8 Å². The van der Waals surface area contributed by atoms with Crippen LogP contribution < -0.4 is 10.6 Å². The number of methoxy groups -OCH3 is 1. The lowest BCUT2D eigenvalue weighted by Crippen LogP contribution is -2.45. The normalized spacial score (nSPS) is 11.6. The van der Waals surface area contributed by atoms with Gasteiger partial charge in [-0.3, -0.25) is 0 Å². The van der Waals surface area contributed by atoms with Crippen LogP contribution >= 0.6 is 0 Å². The summed E-state index contributed by atoms with van der Waals surface area (Å²) in [6, 6.07) is 22.7. The van der Waals surface area contributed by atoms with Crippen LogP contribution in [0.4, 0.5) is 10.5 Å². The van der Waals surface area contributed by atoms with Crippen molar-refractivity contribution in [2.45, 2.75) is 12.5 Å². The molecule has 0 aliphatic rings. The van der Waals surface area contributed by atoms with Crippen molar-refractivity contribution in [3.8, 4) is 11.5 Å². The first kappa shape index (κ1) is 20.2. The Morgan fingerprint density at radius 3 is 2.55 bits per heavy atom. The van der Waals surface area contributed by atoms with Crippen molar-refractivity contribution in [1.29, 1.82) is 0 Å². The number of anilines is 1. The number of benzene rings is 3. The number of carbonyl (C=O) groups is 2. The summed E-state index contributed by atoms with van der Waals surface area (Å²) in [4.78, 5) is 29.2. The Labute approximate surface area is 179 Å². The van der Waals surface area contributed by atoms with Crippen molar-refractivity contribution < 1.29 is 18.7 Å². The van der Waals surface area contributed by atoms with Crippen LogP contribution in [0.5, 0.6) is 0 Å². The molecule has 4 aromatic rings. The number of nitrogens with zero attached hydrogens (tertiary/aromatic N) is 1. The molecule has 1 heterocycles. The van der Waals surface area contributed by atoms with E-state index in [9.17, 15) is 9.59 Å². The molecule has 0 radical (unpaired) electrons. The van der Waals surface area contributed by atoms with Gasteiger partial charge in [-0.2, -0.15) is 0 Å². The maximum absolute atomic E-state index is 12.6. The molecule has 2 N–H and O–H groups in total. The summed E-state index contributed by atoms with van der Waals surface area (Å²) in [5.41, 5.74) is 3.63. The molecule has 0 aliphatic heterocycles. The number of esters is 1. The molecule has 1 aromatic heterocycles. The Balaban J connectivity index is 1.47. The maximum Gasteiger partial charge on any atom is 0.328 e. The van der Waals surface area contributed by atoms with Crippen LogP contribution in [0, 0.1) is 0 Å². The van der Waals surface area contributed by atoms with Gasteiger partial charge in [0.2, 0.25) is 5.89 Å². The van der Waals surface area contributed by atoms with Gasteiger partial charge in [-0.25, -0.2) is 14.6 Å². The average Bonchev–Trinajstić information content (AvgIpc) is 3.23. The number of hydrogen-bond donors (Lipinski definition) is 2. The second kappa shape index (κ2) is 9.13. The highest BCUT2D eigenvalue weighted by atomic mass is 16.5. The van der Waals surface area contributed by atoms with Gasteiger partial charge in [0.1, 0.15) is 11.6 Å². The van der Waals surface area contributed by atoms with E-state index in [1.165, 1.54) is 7.11 Å². The number of hydrogen-bond acceptors (Lipinski definition) is 5. The highest BCUT2D eigenvalue weighted by Crippen LogP contribution is 2.26. The first-order chi connectivity index (χ1) is 15.1. The Kier molecular flexibility index (Phi) is 5.93. The molecule has 2 amide bonds. The SMILES string of the molecule is COC(=O)[C@H](Cc1ccccc1)NC(=O)Nc1cccc(-c2nc3ccccc3o2)c1. The largest absolute Gasteiger partial charge is 0.467 e. The van der Waals surface area contributed by atoms with Crippen LogP contribution in [0.2, 0.25) is 0 Å². The fourth-order valence-corrected chi connectivity index (χ4v) is 3.24. The minimum atomic E-state index is -0.812. The molecule has 156 valence electrons. The summed E-state index contributed by atoms with van der Waals surface area (Å²) < 4.78 is 10.6. The first-order valence-electron chi connectivity index (χ1n) is 9.77. The van der Waals surface area contributed by atoms with Gasteiger partial charge in [0.25, 0.3) is 0 Å². The molecule has 3 aromatic carbocycles. The summed E-state index contributed by atoms with van der Waals surface area (Å²) in [5.74, 6) is -0.0546. The van der Waals surface area contributed by atoms with E-state index in [1.807, 2.05) is 60.7 Å². The minimum absolute atomic E-state index is 0.323. The number of aromatic nitrogens is 1. The number of rotatable bonds is 6. The van der Waals surface area contributed by atoms with Crippen molar-refractivity contribution >= 4 is 28.8 Å². The lowest BCUT2D eigenvalue weighted by Gasteiger charge is -2.17. The predicted octanol–water partition coefficient (Wildman–Crippen LogP) is 4.40. The standard InChI is InChI=1S/C24H21N3O4/c1-30-23(28)20(14-16-8-3-2-4-9-16)27-24(29)25-18-11-7-10-17(15-18)22-26-19-12-5-6-13-21(19)31-22/h2-13,15,20H,14H2,1H3,(H2,25,27,29)/t20-/m0/s1. The molecule has 0 spiro atoms. The summed E-state index contributed by atoms with van der Waals surface area (Å²) in [5, 5.41) is 5.44. The van der Waals surface area contributed by atoms with Crippen molar-refractivity contribution in [2.24, 2.45) is 0 Å². The monoisotopic (exact) mass is 415 g/mol. The molecule has 4 rings (SSSR count). The van der Waals surface area contributed by atoms with Crippen LogP contribution in [0.1, 0.15) is 5.56 Å². The van der Waals surface area contributed by atoms with Crippen LogP contribution in [-0.4, -0.2) is 30.1 Å². The van der Waals surface area contributed by atoms with Crippen LogP contribution in [0.15, 0.2) is 83.3 Å². The smallest absolute Gasteiger partial charge is 0.328 e. The fraction of sp³-hybridized carbons (Fsp3) is 0.125. The van der Waals surface area contributed by atoms with Crippen LogP contribution in [0.25, 0.3) is 22.6 Å². The summed E-state index contributed by atoms with van der Waals surface area (Å²) in [6.45, 7) is 0. The Morgan fingerprint density at radius 2 is 1.77 bits per heavy atom. The second-order valence-electron chi connectivity index (χ2n) is 6.93. The third-order valence-corrected chi connectivity index (χ3v) is 4.73. The van der Waals surface area contributed by atoms with Gasteiger partial charge >= 0.3 is 12.0 Å². The zero-order chi connectivity index (χ0) is 21.6.